The predicted octanol–water partition coefficient (Wildman–Crippen LogP) is 3.95. The van der Waals surface area contributed by atoms with Gasteiger partial charge in [-0.3, -0.25) is 19.3 Å². The molecule has 2 heterocycles. The highest BCUT2D eigenvalue weighted by Crippen LogP contribution is 2.34. The normalized spacial score (nSPS) is 17.1. The fraction of sp³-hybridized carbons (Fsp3) is 0.345. The smallest absolute Gasteiger partial charge is 0.263 e. The van der Waals surface area contributed by atoms with Crippen LogP contribution in [0.2, 0.25) is 0 Å². The summed E-state index contributed by atoms with van der Waals surface area (Å²) in [6.07, 6.45) is 5.60. The van der Waals surface area contributed by atoms with Crippen LogP contribution in [0.5, 0.6) is 5.75 Å². The molecule has 0 aromatic heterocycles. The maximum Gasteiger partial charge on any atom is 0.263 e. The summed E-state index contributed by atoms with van der Waals surface area (Å²) in [5.74, 6) is 0.0702. The summed E-state index contributed by atoms with van der Waals surface area (Å²) >= 11 is 0. The number of imide groups is 1. The van der Waals surface area contributed by atoms with E-state index < -0.39 is 0 Å². The number of amides is 3. The lowest BCUT2D eigenvalue weighted by Gasteiger charge is -2.36. The molecule has 188 valence electrons. The average molecular weight is 488 g/mol. The molecule has 1 saturated heterocycles. The number of fused-ring (bicyclic) bond motifs is 1. The van der Waals surface area contributed by atoms with Crippen LogP contribution in [-0.2, 0) is 11.2 Å². The zero-order valence-corrected chi connectivity index (χ0v) is 20.8. The molecule has 0 spiro atoms. The number of ether oxygens (including phenoxy) is 1. The molecule has 1 fully saturated rings. The van der Waals surface area contributed by atoms with E-state index in [0.717, 1.165) is 36.4 Å². The quantitative estimate of drug-likeness (QED) is 0.375. The molecule has 0 bridgehead atoms. The van der Waals surface area contributed by atoms with Gasteiger partial charge < -0.3 is 14.5 Å². The van der Waals surface area contributed by atoms with Gasteiger partial charge in [-0.25, -0.2) is 0 Å². The van der Waals surface area contributed by atoms with Crippen molar-refractivity contribution in [1.29, 1.82) is 0 Å². The van der Waals surface area contributed by atoms with Gasteiger partial charge in [-0.1, -0.05) is 30.4 Å². The second-order valence-electron chi connectivity index (χ2n) is 9.17. The number of anilines is 1. The summed E-state index contributed by atoms with van der Waals surface area (Å²) in [4.78, 5) is 45.0. The fourth-order valence-electron chi connectivity index (χ4n) is 5.07. The lowest BCUT2D eigenvalue weighted by atomic mass is 9.94. The van der Waals surface area contributed by atoms with Crippen molar-refractivity contribution in [2.24, 2.45) is 5.92 Å². The van der Waals surface area contributed by atoms with Gasteiger partial charge in [0.1, 0.15) is 5.75 Å². The number of hydrogen-bond acceptors (Lipinski definition) is 5. The van der Waals surface area contributed by atoms with Crippen molar-refractivity contribution in [3.05, 3.63) is 84.5 Å². The SMILES string of the molecule is C=CCN(CC=C)C(=O)[C@@H]1CCCN(c2cccc3c2C(=O)N(CCc2cccc(OC)c2)C3=O)C1. The Morgan fingerprint density at radius 2 is 1.86 bits per heavy atom. The van der Waals surface area contributed by atoms with Crippen molar-refractivity contribution in [2.45, 2.75) is 19.3 Å². The Kier molecular flexibility index (Phi) is 7.88. The van der Waals surface area contributed by atoms with Gasteiger partial charge in [0.05, 0.1) is 29.8 Å². The van der Waals surface area contributed by atoms with Crippen LogP contribution >= 0.6 is 0 Å². The van der Waals surface area contributed by atoms with Crippen LogP contribution in [0.15, 0.2) is 67.8 Å². The number of carbonyl (C=O) groups excluding carboxylic acids is 3. The first-order chi connectivity index (χ1) is 17.5. The van der Waals surface area contributed by atoms with Gasteiger partial charge in [0.2, 0.25) is 5.91 Å². The van der Waals surface area contributed by atoms with E-state index in [1.54, 1.807) is 30.2 Å². The number of rotatable bonds is 10. The average Bonchev–Trinajstić information content (AvgIpc) is 3.16. The number of carbonyl (C=O) groups is 3. The van der Waals surface area contributed by atoms with Crippen molar-refractivity contribution >= 4 is 23.4 Å². The standard InChI is InChI=1S/C29H33N3O4/c1-4-15-30(16-5-2)27(33)22-10-8-17-31(20-22)25-13-7-12-24-26(25)29(35)32(28(24)34)18-14-21-9-6-11-23(19-21)36-3/h4-7,9,11-13,19,22H,1-2,8,10,14-18,20H2,3H3/t22-/m1/s1. The third-order valence-electron chi connectivity index (χ3n) is 6.86. The third kappa shape index (κ3) is 5.05. The number of nitrogens with zero attached hydrogens (tertiary/aromatic N) is 3. The van der Waals surface area contributed by atoms with Crippen LogP contribution in [0.25, 0.3) is 0 Å². The molecule has 3 amide bonds. The molecule has 7 nitrogen and oxygen atoms in total. The van der Waals surface area contributed by atoms with Gasteiger partial charge in [-0.2, -0.15) is 0 Å². The highest BCUT2D eigenvalue weighted by atomic mass is 16.5. The fourth-order valence-corrected chi connectivity index (χ4v) is 5.07. The molecule has 7 heteroatoms. The minimum Gasteiger partial charge on any atom is -0.497 e. The number of methoxy groups -OCH3 is 1. The number of hydrogen-bond donors (Lipinski definition) is 0. The summed E-state index contributed by atoms with van der Waals surface area (Å²) in [6.45, 7) is 9.98. The maximum absolute atomic E-state index is 13.5. The summed E-state index contributed by atoms with van der Waals surface area (Å²) in [5, 5.41) is 0. The second-order valence-corrected chi connectivity index (χ2v) is 9.17. The van der Waals surface area contributed by atoms with Gasteiger partial charge in [-0.15, -0.1) is 13.2 Å². The molecule has 0 radical (unpaired) electrons. The largest absolute Gasteiger partial charge is 0.497 e. The second kappa shape index (κ2) is 11.2. The summed E-state index contributed by atoms with van der Waals surface area (Å²) in [7, 11) is 1.61. The van der Waals surface area contributed by atoms with E-state index >= 15 is 0 Å². The topological polar surface area (TPSA) is 70.2 Å². The van der Waals surface area contributed by atoms with Gasteiger partial charge in [0.25, 0.3) is 11.8 Å². The minimum atomic E-state index is -0.276. The van der Waals surface area contributed by atoms with Crippen LogP contribution in [0, 0.1) is 5.92 Å². The Morgan fingerprint density at radius 1 is 1.11 bits per heavy atom. The summed E-state index contributed by atoms with van der Waals surface area (Å²) < 4.78 is 5.28. The van der Waals surface area contributed by atoms with Gasteiger partial charge >= 0.3 is 0 Å². The first kappa shape index (κ1) is 25.2. The van der Waals surface area contributed by atoms with E-state index in [4.69, 9.17) is 4.74 Å². The molecule has 2 aliphatic heterocycles. The van der Waals surface area contributed by atoms with E-state index in [1.807, 2.05) is 36.4 Å². The molecule has 2 aromatic rings. The van der Waals surface area contributed by atoms with Gasteiger partial charge in [0, 0.05) is 32.7 Å². The monoisotopic (exact) mass is 487 g/mol. The van der Waals surface area contributed by atoms with E-state index in [0.29, 0.717) is 37.2 Å². The molecule has 0 unspecified atom stereocenters. The highest BCUT2D eigenvalue weighted by Gasteiger charge is 2.39. The first-order valence-electron chi connectivity index (χ1n) is 12.4. The molecule has 2 aliphatic rings. The maximum atomic E-state index is 13.5. The Hall–Kier alpha value is -3.87. The zero-order chi connectivity index (χ0) is 25.7. The third-order valence-corrected chi connectivity index (χ3v) is 6.86. The molecule has 2 aromatic carbocycles. The van der Waals surface area contributed by atoms with Gasteiger partial charge in [-0.05, 0) is 49.1 Å². The van der Waals surface area contributed by atoms with Crippen molar-refractivity contribution < 1.29 is 19.1 Å². The predicted molar refractivity (Wildman–Crippen MR) is 140 cm³/mol. The Balaban J connectivity index is 1.52. The van der Waals surface area contributed by atoms with Crippen molar-refractivity contribution in [1.82, 2.24) is 9.80 Å². The van der Waals surface area contributed by atoms with E-state index in [2.05, 4.69) is 18.1 Å². The molecule has 36 heavy (non-hydrogen) atoms. The first-order valence-corrected chi connectivity index (χ1v) is 12.4. The Morgan fingerprint density at radius 3 is 2.58 bits per heavy atom. The van der Waals surface area contributed by atoms with E-state index in [1.165, 1.54) is 4.90 Å². The molecular weight excluding hydrogens is 454 g/mol. The summed E-state index contributed by atoms with van der Waals surface area (Å²) in [5.41, 5.74) is 2.59. The van der Waals surface area contributed by atoms with Crippen LogP contribution in [0.1, 0.15) is 39.1 Å². The molecule has 1 atom stereocenters. The lowest BCUT2D eigenvalue weighted by Crippen LogP contribution is -2.45. The van der Waals surface area contributed by atoms with Crippen LogP contribution < -0.4 is 9.64 Å². The summed E-state index contributed by atoms with van der Waals surface area (Å²) in [6, 6.07) is 13.0. The number of piperidine rings is 1. The Bertz CT molecular complexity index is 1160. The molecule has 0 saturated carbocycles. The molecule has 0 aliphatic carbocycles. The Labute approximate surface area is 212 Å². The van der Waals surface area contributed by atoms with Crippen LogP contribution in [0.3, 0.4) is 0 Å². The van der Waals surface area contributed by atoms with Crippen LogP contribution in [-0.4, -0.2) is 67.4 Å². The van der Waals surface area contributed by atoms with Crippen molar-refractivity contribution in [3.63, 3.8) is 0 Å². The minimum absolute atomic E-state index is 0.0643. The molecule has 4 rings (SSSR count). The van der Waals surface area contributed by atoms with Crippen molar-refractivity contribution in [2.75, 3.05) is 44.7 Å². The van der Waals surface area contributed by atoms with E-state index in [9.17, 15) is 14.4 Å². The number of benzene rings is 2. The zero-order valence-electron chi connectivity index (χ0n) is 20.8. The lowest BCUT2D eigenvalue weighted by molar-refractivity contribution is -0.134. The highest BCUT2D eigenvalue weighted by molar-refractivity contribution is 6.23. The molecular formula is C29H33N3O4. The molecule has 0 N–H and O–H groups in total. The van der Waals surface area contributed by atoms with Crippen molar-refractivity contribution in [3.8, 4) is 5.75 Å². The van der Waals surface area contributed by atoms with Crippen LogP contribution in [0.4, 0.5) is 5.69 Å². The van der Waals surface area contributed by atoms with Gasteiger partial charge in [0.15, 0.2) is 0 Å². The van der Waals surface area contributed by atoms with E-state index in [-0.39, 0.29) is 30.2 Å².